The molecule has 12 aromatic rings. The molecule has 5 nitrogen and oxygen atoms in total. The molecule has 0 atom stereocenters. The Morgan fingerprint density at radius 2 is 0.841 bits per heavy atom. The number of hydrogen-bond acceptors (Lipinski definition) is 5. The minimum atomic E-state index is 0.784. The summed E-state index contributed by atoms with van der Waals surface area (Å²) < 4.78 is 20.4. The van der Waals surface area contributed by atoms with Crippen LogP contribution in [0.1, 0.15) is 0 Å². The minimum Gasteiger partial charge on any atom is -0.456 e. The largest absolute Gasteiger partial charge is 0.456 e. The molecular formula is C58H36N2O3. The van der Waals surface area contributed by atoms with E-state index < -0.39 is 0 Å². The molecule has 0 fully saturated rings. The van der Waals surface area contributed by atoms with Crippen molar-refractivity contribution in [2.45, 2.75) is 0 Å². The summed E-state index contributed by atoms with van der Waals surface area (Å²) in [5.41, 5.74) is 13.7. The number of nitrogens with zero attached hydrogens (tertiary/aromatic N) is 2. The number of furan rings is 2. The summed E-state index contributed by atoms with van der Waals surface area (Å²) in [5.74, 6) is 1.59. The summed E-state index contributed by atoms with van der Waals surface area (Å²) in [6, 6.07) is 76.4. The molecule has 0 saturated carbocycles. The maximum atomic E-state index is 7.03. The quantitative estimate of drug-likeness (QED) is 0.160. The zero-order valence-corrected chi connectivity index (χ0v) is 33.9. The Bertz CT molecular complexity index is 3740. The van der Waals surface area contributed by atoms with Crippen LogP contribution in [0.3, 0.4) is 0 Å². The van der Waals surface area contributed by atoms with Gasteiger partial charge < -0.3 is 23.4 Å². The van der Waals surface area contributed by atoms with Crippen LogP contribution < -0.4 is 14.5 Å². The van der Waals surface area contributed by atoms with Gasteiger partial charge in [0.2, 0.25) is 0 Å². The van der Waals surface area contributed by atoms with E-state index in [4.69, 9.17) is 13.6 Å². The van der Waals surface area contributed by atoms with Crippen LogP contribution in [0.15, 0.2) is 227 Å². The zero-order chi connectivity index (χ0) is 41.4. The highest BCUT2D eigenvalue weighted by Crippen LogP contribution is 2.54. The van der Waals surface area contributed by atoms with E-state index in [-0.39, 0.29) is 0 Å². The Morgan fingerprint density at radius 3 is 1.56 bits per heavy atom. The molecule has 63 heavy (non-hydrogen) atoms. The molecule has 13 rings (SSSR count). The summed E-state index contributed by atoms with van der Waals surface area (Å²) >= 11 is 0. The van der Waals surface area contributed by atoms with Gasteiger partial charge in [0.25, 0.3) is 0 Å². The van der Waals surface area contributed by atoms with Gasteiger partial charge >= 0.3 is 0 Å². The SMILES string of the molecule is c1ccc(-c2ccccc2N(c2ccc3c(c2)Oc2cccc4c(N(c5ccccc5)c5cccc6c5oc5ccccc56)ccc-3c24)c2cccc3c2oc2ccccc23)cc1. The topological polar surface area (TPSA) is 42.0 Å². The molecule has 1 aliphatic rings. The Kier molecular flexibility index (Phi) is 7.84. The van der Waals surface area contributed by atoms with E-state index in [0.29, 0.717) is 0 Å². The van der Waals surface area contributed by atoms with E-state index in [1.807, 2.05) is 24.3 Å². The van der Waals surface area contributed by atoms with Gasteiger partial charge in [0.05, 0.1) is 28.4 Å². The molecule has 0 N–H and O–H groups in total. The van der Waals surface area contributed by atoms with Gasteiger partial charge in [-0.2, -0.15) is 0 Å². The molecule has 2 aromatic heterocycles. The van der Waals surface area contributed by atoms with Crippen molar-refractivity contribution in [3.8, 4) is 33.8 Å². The highest BCUT2D eigenvalue weighted by molar-refractivity contribution is 6.15. The monoisotopic (exact) mass is 808 g/mol. The summed E-state index contributed by atoms with van der Waals surface area (Å²) in [6.07, 6.45) is 0. The predicted molar refractivity (Wildman–Crippen MR) is 259 cm³/mol. The first-order valence-electron chi connectivity index (χ1n) is 21.3. The first kappa shape index (κ1) is 35.2. The third kappa shape index (κ3) is 5.50. The Morgan fingerprint density at radius 1 is 0.302 bits per heavy atom. The first-order chi connectivity index (χ1) is 31.3. The number of benzene rings is 10. The van der Waals surface area contributed by atoms with Crippen LogP contribution in [0.25, 0.3) is 76.9 Å². The van der Waals surface area contributed by atoms with Gasteiger partial charge in [-0.05, 0) is 77.9 Å². The van der Waals surface area contributed by atoms with Gasteiger partial charge in [-0.1, -0.05) is 146 Å². The van der Waals surface area contributed by atoms with Crippen molar-refractivity contribution < 1.29 is 13.6 Å². The van der Waals surface area contributed by atoms with Crippen LogP contribution in [0.4, 0.5) is 34.1 Å². The second-order valence-electron chi connectivity index (χ2n) is 16.0. The Hall–Kier alpha value is -8.54. The van der Waals surface area contributed by atoms with Crippen molar-refractivity contribution in [2.75, 3.05) is 9.80 Å². The molecule has 0 unspecified atom stereocenters. The number of fused-ring (bicyclic) bond motifs is 8. The third-order valence-corrected chi connectivity index (χ3v) is 12.4. The van der Waals surface area contributed by atoms with Crippen molar-refractivity contribution in [2.24, 2.45) is 0 Å². The number of ether oxygens (including phenoxy) is 1. The number of hydrogen-bond donors (Lipinski definition) is 0. The van der Waals surface area contributed by atoms with E-state index in [9.17, 15) is 0 Å². The van der Waals surface area contributed by atoms with Gasteiger partial charge in [-0.15, -0.1) is 0 Å². The lowest BCUT2D eigenvalue weighted by Crippen LogP contribution is -2.12. The van der Waals surface area contributed by atoms with E-state index in [1.54, 1.807) is 0 Å². The van der Waals surface area contributed by atoms with Gasteiger partial charge in [0.15, 0.2) is 11.2 Å². The minimum absolute atomic E-state index is 0.784. The van der Waals surface area contributed by atoms with Crippen molar-refractivity contribution in [3.63, 3.8) is 0 Å². The van der Waals surface area contributed by atoms with E-state index in [0.717, 1.165) is 123 Å². The summed E-state index contributed by atoms with van der Waals surface area (Å²) in [5, 5.41) is 6.47. The molecule has 3 heterocycles. The fraction of sp³-hybridized carbons (Fsp3) is 0. The fourth-order valence-electron chi connectivity index (χ4n) is 9.68. The zero-order valence-electron chi connectivity index (χ0n) is 33.9. The van der Waals surface area contributed by atoms with Crippen molar-refractivity contribution in [1.82, 2.24) is 0 Å². The second kappa shape index (κ2) is 14.0. The highest BCUT2D eigenvalue weighted by Gasteiger charge is 2.28. The molecule has 0 aliphatic carbocycles. The molecule has 0 spiro atoms. The molecule has 1 aliphatic heterocycles. The molecular weight excluding hydrogens is 773 g/mol. The van der Waals surface area contributed by atoms with Crippen LogP contribution in [0, 0.1) is 0 Å². The van der Waals surface area contributed by atoms with E-state index in [1.165, 1.54) is 0 Å². The number of rotatable bonds is 7. The average molecular weight is 809 g/mol. The maximum absolute atomic E-state index is 7.03. The summed E-state index contributed by atoms with van der Waals surface area (Å²) in [7, 11) is 0. The molecule has 0 amide bonds. The molecule has 0 saturated heterocycles. The van der Waals surface area contributed by atoms with Crippen LogP contribution in [0.2, 0.25) is 0 Å². The number of anilines is 6. The predicted octanol–water partition coefficient (Wildman–Crippen LogP) is 17.0. The van der Waals surface area contributed by atoms with Crippen LogP contribution in [-0.2, 0) is 0 Å². The average Bonchev–Trinajstić information content (AvgIpc) is 3.93. The second-order valence-corrected chi connectivity index (χ2v) is 16.0. The lowest BCUT2D eigenvalue weighted by Gasteiger charge is -2.31. The third-order valence-electron chi connectivity index (χ3n) is 12.4. The normalized spacial score (nSPS) is 11.9. The van der Waals surface area contributed by atoms with Gasteiger partial charge in [0.1, 0.15) is 22.7 Å². The first-order valence-corrected chi connectivity index (χ1v) is 21.3. The fourth-order valence-corrected chi connectivity index (χ4v) is 9.68. The van der Waals surface area contributed by atoms with Gasteiger partial charge in [-0.3, -0.25) is 0 Å². The molecule has 296 valence electrons. The molecule has 0 radical (unpaired) electrons. The van der Waals surface area contributed by atoms with E-state index >= 15 is 0 Å². The van der Waals surface area contributed by atoms with Crippen LogP contribution >= 0.6 is 0 Å². The smallest absolute Gasteiger partial charge is 0.159 e. The van der Waals surface area contributed by atoms with Crippen molar-refractivity contribution >= 4 is 88.8 Å². The van der Waals surface area contributed by atoms with Crippen LogP contribution in [0.5, 0.6) is 11.5 Å². The summed E-state index contributed by atoms with van der Waals surface area (Å²) in [4.78, 5) is 4.62. The highest BCUT2D eigenvalue weighted by atomic mass is 16.5. The van der Waals surface area contributed by atoms with Crippen molar-refractivity contribution in [1.29, 1.82) is 0 Å². The lowest BCUT2D eigenvalue weighted by atomic mass is 9.92. The van der Waals surface area contributed by atoms with Crippen LogP contribution in [-0.4, -0.2) is 0 Å². The Balaban J connectivity index is 0.996. The lowest BCUT2D eigenvalue weighted by molar-refractivity contribution is 0.487. The standard InChI is InChI=1S/C58H36N2O3/c1-3-16-37(17-4-1)40-20-7-10-26-48(40)60(51-28-14-24-46-42-22-9-12-30-53(42)63-58(46)51)39-32-33-43-44-34-35-49(47-25-15-31-54(56(44)47)61-55(43)36-39)59(38-18-5-2-6-19-38)50-27-13-23-45-41-21-8-11-29-52(41)62-57(45)50/h1-36H. The number of para-hydroxylation sites is 6. The summed E-state index contributed by atoms with van der Waals surface area (Å²) in [6.45, 7) is 0. The molecule has 5 heteroatoms. The molecule has 10 aromatic carbocycles. The Labute approximate surface area is 362 Å². The molecule has 0 bridgehead atoms. The van der Waals surface area contributed by atoms with E-state index in [2.05, 4.69) is 204 Å². The van der Waals surface area contributed by atoms with Gasteiger partial charge in [0, 0.05) is 55.2 Å². The van der Waals surface area contributed by atoms with Gasteiger partial charge in [-0.25, -0.2) is 0 Å². The maximum Gasteiger partial charge on any atom is 0.159 e. The van der Waals surface area contributed by atoms with Crippen molar-refractivity contribution in [3.05, 3.63) is 218 Å².